The molecule has 1 aliphatic rings. The molecule has 16 heavy (non-hydrogen) atoms. The Labute approximate surface area is 93.5 Å². The molecule has 0 saturated carbocycles. The average Bonchev–Trinajstić information content (AvgIpc) is 2.56. The minimum absolute atomic E-state index is 0.216. The van der Waals surface area contributed by atoms with Crippen LogP contribution in [0.3, 0.4) is 0 Å². The number of aliphatic carboxylic acids is 1. The van der Waals surface area contributed by atoms with E-state index in [0.717, 1.165) is 5.69 Å². The minimum Gasteiger partial charge on any atom is -0.481 e. The zero-order valence-corrected chi connectivity index (χ0v) is 9.27. The monoisotopic (exact) mass is 223 g/mol. The van der Waals surface area contributed by atoms with Crippen LogP contribution in [-0.4, -0.2) is 23.7 Å². The summed E-state index contributed by atoms with van der Waals surface area (Å²) in [6.07, 6.45) is 0. The summed E-state index contributed by atoms with van der Waals surface area (Å²) in [7, 11) is 0. The molecule has 0 aromatic heterocycles. The van der Waals surface area contributed by atoms with E-state index in [1.807, 2.05) is 18.7 Å². The number of nitrogens with zero attached hydrogens (tertiary/aromatic N) is 1. The third-order valence-electron chi connectivity index (χ3n) is 2.98. The van der Waals surface area contributed by atoms with Gasteiger partial charge in [0, 0.05) is 18.3 Å². The standard InChI is InChI=1S/C12H14FNO2/c1-7(2)14-6-10(12(15)16)9-5-8(13)3-4-11(9)14/h3-5,7,10H,6H2,1-2H3,(H,15,16). The Bertz CT molecular complexity index is 431. The maximum Gasteiger partial charge on any atom is 0.312 e. The number of carboxylic acid groups (broad SMARTS) is 1. The van der Waals surface area contributed by atoms with Gasteiger partial charge in [0.1, 0.15) is 11.7 Å². The molecule has 1 atom stereocenters. The van der Waals surface area contributed by atoms with Gasteiger partial charge in [0.15, 0.2) is 0 Å². The summed E-state index contributed by atoms with van der Waals surface area (Å²) in [5.74, 6) is -1.89. The van der Waals surface area contributed by atoms with Crippen LogP contribution in [-0.2, 0) is 4.79 Å². The van der Waals surface area contributed by atoms with Gasteiger partial charge in [-0.3, -0.25) is 4.79 Å². The van der Waals surface area contributed by atoms with Crippen molar-refractivity contribution in [1.82, 2.24) is 0 Å². The van der Waals surface area contributed by atoms with Gasteiger partial charge in [-0.1, -0.05) is 0 Å². The van der Waals surface area contributed by atoms with Crippen molar-refractivity contribution in [3.63, 3.8) is 0 Å². The fourth-order valence-electron chi connectivity index (χ4n) is 2.16. The van der Waals surface area contributed by atoms with E-state index in [2.05, 4.69) is 0 Å². The fourth-order valence-corrected chi connectivity index (χ4v) is 2.16. The van der Waals surface area contributed by atoms with E-state index < -0.39 is 11.9 Å². The quantitative estimate of drug-likeness (QED) is 0.835. The first-order valence-corrected chi connectivity index (χ1v) is 5.29. The molecule has 0 aliphatic carbocycles. The summed E-state index contributed by atoms with van der Waals surface area (Å²) in [5.41, 5.74) is 1.42. The molecule has 1 unspecified atom stereocenters. The summed E-state index contributed by atoms with van der Waals surface area (Å²) >= 11 is 0. The third-order valence-corrected chi connectivity index (χ3v) is 2.98. The Morgan fingerprint density at radius 1 is 1.56 bits per heavy atom. The van der Waals surface area contributed by atoms with Crippen LogP contribution in [0.15, 0.2) is 18.2 Å². The highest BCUT2D eigenvalue weighted by molar-refractivity contribution is 5.83. The van der Waals surface area contributed by atoms with Crippen molar-refractivity contribution in [3.05, 3.63) is 29.6 Å². The second kappa shape index (κ2) is 3.77. The molecule has 0 fully saturated rings. The highest BCUT2D eigenvalue weighted by Crippen LogP contribution is 2.37. The van der Waals surface area contributed by atoms with Crippen molar-refractivity contribution in [2.45, 2.75) is 25.8 Å². The second-order valence-electron chi connectivity index (χ2n) is 4.34. The predicted molar refractivity (Wildman–Crippen MR) is 59.3 cm³/mol. The first-order valence-electron chi connectivity index (χ1n) is 5.29. The molecule has 2 rings (SSSR count). The van der Waals surface area contributed by atoms with E-state index in [1.165, 1.54) is 12.1 Å². The van der Waals surface area contributed by atoms with Crippen LogP contribution in [0.4, 0.5) is 10.1 Å². The summed E-state index contributed by atoms with van der Waals surface area (Å²) in [4.78, 5) is 13.1. The molecule has 4 heteroatoms. The number of hydrogen-bond acceptors (Lipinski definition) is 2. The topological polar surface area (TPSA) is 40.5 Å². The van der Waals surface area contributed by atoms with Crippen LogP contribution in [0, 0.1) is 5.82 Å². The number of carbonyl (C=O) groups is 1. The fraction of sp³-hybridized carbons (Fsp3) is 0.417. The Balaban J connectivity index is 2.48. The van der Waals surface area contributed by atoms with Crippen LogP contribution < -0.4 is 4.90 Å². The van der Waals surface area contributed by atoms with E-state index in [4.69, 9.17) is 5.11 Å². The van der Waals surface area contributed by atoms with Gasteiger partial charge in [-0.15, -0.1) is 0 Å². The Hall–Kier alpha value is -1.58. The van der Waals surface area contributed by atoms with Crippen LogP contribution in [0.25, 0.3) is 0 Å². The number of hydrogen-bond donors (Lipinski definition) is 1. The Kier molecular flexibility index (Phi) is 2.58. The van der Waals surface area contributed by atoms with Gasteiger partial charge in [0.25, 0.3) is 0 Å². The van der Waals surface area contributed by atoms with Crippen molar-refractivity contribution in [2.24, 2.45) is 0 Å². The van der Waals surface area contributed by atoms with Crippen molar-refractivity contribution in [1.29, 1.82) is 0 Å². The molecule has 0 saturated heterocycles. The van der Waals surface area contributed by atoms with E-state index in [9.17, 15) is 9.18 Å². The molecule has 1 N–H and O–H groups in total. The molecular weight excluding hydrogens is 209 g/mol. The van der Waals surface area contributed by atoms with Gasteiger partial charge in [-0.2, -0.15) is 0 Å². The number of fused-ring (bicyclic) bond motifs is 1. The summed E-state index contributed by atoms with van der Waals surface area (Å²) in [5, 5.41) is 9.10. The van der Waals surface area contributed by atoms with Crippen molar-refractivity contribution in [3.8, 4) is 0 Å². The van der Waals surface area contributed by atoms with Crippen molar-refractivity contribution >= 4 is 11.7 Å². The number of halogens is 1. The molecular formula is C12H14FNO2. The summed E-state index contributed by atoms with van der Waals surface area (Å²) < 4.78 is 13.1. The Morgan fingerprint density at radius 2 is 2.25 bits per heavy atom. The predicted octanol–water partition coefficient (Wildman–Crippen LogP) is 2.22. The largest absolute Gasteiger partial charge is 0.481 e. The van der Waals surface area contributed by atoms with Crippen molar-refractivity contribution in [2.75, 3.05) is 11.4 Å². The number of carboxylic acids is 1. The molecule has 1 aliphatic heterocycles. The molecule has 1 aromatic carbocycles. The summed E-state index contributed by atoms with van der Waals surface area (Å²) in [6.45, 7) is 4.42. The highest BCUT2D eigenvalue weighted by Gasteiger charge is 2.34. The first-order chi connectivity index (χ1) is 7.50. The molecule has 0 radical (unpaired) electrons. The lowest BCUT2D eigenvalue weighted by Crippen LogP contribution is -2.30. The maximum absolute atomic E-state index is 13.1. The van der Waals surface area contributed by atoms with Crippen molar-refractivity contribution < 1.29 is 14.3 Å². The van der Waals surface area contributed by atoms with Crippen LogP contribution in [0.1, 0.15) is 25.3 Å². The molecule has 0 bridgehead atoms. The molecule has 0 spiro atoms. The van der Waals surface area contributed by atoms with Crippen LogP contribution in [0.2, 0.25) is 0 Å². The zero-order chi connectivity index (χ0) is 11.9. The lowest BCUT2D eigenvalue weighted by atomic mass is 10.0. The lowest BCUT2D eigenvalue weighted by Gasteiger charge is -2.24. The zero-order valence-electron chi connectivity index (χ0n) is 9.27. The van der Waals surface area contributed by atoms with Gasteiger partial charge in [-0.25, -0.2) is 4.39 Å². The van der Waals surface area contributed by atoms with E-state index in [-0.39, 0.29) is 11.9 Å². The Morgan fingerprint density at radius 3 is 2.81 bits per heavy atom. The molecule has 1 heterocycles. The first kappa shape index (κ1) is 10.9. The van der Waals surface area contributed by atoms with E-state index in [1.54, 1.807) is 6.07 Å². The average molecular weight is 223 g/mol. The van der Waals surface area contributed by atoms with Crippen LogP contribution >= 0.6 is 0 Å². The van der Waals surface area contributed by atoms with Gasteiger partial charge >= 0.3 is 5.97 Å². The second-order valence-corrected chi connectivity index (χ2v) is 4.34. The van der Waals surface area contributed by atoms with Gasteiger partial charge in [-0.05, 0) is 37.6 Å². The number of rotatable bonds is 2. The number of anilines is 1. The lowest BCUT2D eigenvalue weighted by molar-refractivity contribution is -0.138. The van der Waals surface area contributed by atoms with Gasteiger partial charge < -0.3 is 10.0 Å². The van der Waals surface area contributed by atoms with Gasteiger partial charge in [0.2, 0.25) is 0 Å². The normalized spacial score (nSPS) is 19.0. The highest BCUT2D eigenvalue weighted by atomic mass is 19.1. The van der Waals surface area contributed by atoms with Gasteiger partial charge in [0.05, 0.1) is 0 Å². The van der Waals surface area contributed by atoms with Crippen LogP contribution in [0.5, 0.6) is 0 Å². The SMILES string of the molecule is CC(C)N1CC(C(=O)O)c2cc(F)ccc21. The van der Waals surface area contributed by atoms with E-state index >= 15 is 0 Å². The smallest absolute Gasteiger partial charge is 0.312 e. The number of benzene rings is 1. The molecule has 86 valence electrons. The summed E-state index contributed by atoms with van der Waals surface area (Å²) in [6, 6.07) is 4.58. The third kappa shape index (κ3) is 1.64. The van der Waals surface area contributed by atoms with E-state index in [0.29, 0.717) is 12.1 Å². The maximum atomic E-state index is 13.1. The molecule has 0 amide bonds. The minimum atomic E-state index is -0.894. The molecule has 3 nitrogen and oxygen atoms in total. The molecule has 1 aromatic rings.